The molecule has 5 nitrogen and oxygen atoms in total. The van der Waals surface area contributed by atoms with Gasteiger partial charge in [-0.3, -0.25) is 9.10 Å². The van der Waals surface area contributed by atoms with Gasteiger partial charge in [0.1, 0.15) is 6.54 Å². The standard InChI is InChI=1S/C27H30Cl2N2O3S/c1-19-10-12-25(13-11-19)35(33,34)31(24-15-22(28)14-23(29)16-24)18-26(32)30-20(2)17-27(3,4)21-8-6-5-7-9-21/h5-16,20H,17-18H2,1-4H3,(H,30,32). The molecule has 0 aliphatic heterocycles. The number of halogens is 2. The van der Waals surface area contributed by atoms with E-state index in [9.17, 15) is 13.2 Å². The van der Waals surface area contributed by atoms with Gasteiger partial charge >= 0.3 is 0 Å². The predicted octanol–water partition coefficient (Wildman–Crippen LogP) is 6.37. The first-order chi connectivity index (χ1) is 16.4. The van der Waals surface area contributed by atoms with E-state index in [0.29, 0.717) is 6.42 Å². The molecule has 1 amide bonds. The van der Waals surface area contributed by atoms with Gasteiger partial charge in [0.25, 0.3) is 10.0 Å². The van der Waals surface area contributed by atoms with Crippen LogP contribution in [0.3, 0.4) is 0 Å². The molecule has 1 atom stereocenters. The van der Waals surface area contributed by atoms with Gasteiger partial charge in [-0.05, 0) is 61.6 Å². The number of aryl methyl sites for hydroxylation is 1. The normalized spacial score (nSPS) is 12.7. The molecule has 1 unspecified atom stereocenters. The zero-order chi connectivity index (χ0) is 25.8. The number of nitrogens with zero attached hydrogens (tertiary/aromatic N) is 1. The van der Waals surface area contributed by atoms with Crippen LogP contribution in [-0.4, -0.2) is 26.9 Å². The zero-order valence-corrected chi connectivity index (χ0v) is 22.6. The van der Waals surface area contributed by atoms with Crippen molar-refractivity contribution >= 4 is 44.8 Å². The molecule has 0 fully saturated rings. The van der Waals surface area contributed by atoms with Crippen LogP contribution in [0.4, 0.5) is 5.69 Å². The van der Waals surface area contributed by atoms with Crippen molar-refractivity contribution in [3.05, 3.63) is 94.0 Å². The van der Waals surface area contributed by atoms with E-state index in [-0.39, 0.29) is 32.1 Å². The molecular weight excluding hydrogens is 503 g/mol. The SMILES string of the molecule is Cc1ccc(S(=O)(=O)N(CC(=O)NC(C)CC(C)(C)c2ccccc2)c2cc(Cl)cc(Cl)c2)cc1. The van der Waals surface area contributed by atoms with Crippen molar-refractivity contribution in [2.75, 3.05) is 10.8 Å². The lowest BCUT2D eigenvalue weighted by molar-refractivity contribution is -0.120. The number of benzene rings is 3. The molecule has 3 rings (SSSR count). The molecule has 186 valence electrons. The number of rotatable bonds is 9. The lowest BCUT2D eigenvalue weighted by atomic mass is 9.79. The molecule has 0 aliphatic rings. The molecule has 0 aliphatic carbocycles. The van der Waals surface area contributed by atoms with Gasteiger partial charge in [-0.25, -0.2) is 8.42 Å². The molecule has 3 aromatic carbocycles. The topological polar surface area (TPSA) is 66.5 Å². The molecule has 0 saturated heterocycles. The van der Waals surface area contributed by atoms with Crippen LogP contribution < -0.4 is 9.62 Å². The van der Waals surface area contributed by atoms with Crippen LogP contribution in [0, 0.1) is 6.92 Å². The van der Waals surface area contributed by atoms with Crippen molar-refractivity contribution in [2.45, 2.75) is 50.5 Å². The van der Waals surface area contributed by atoms with Crippen molar-refractivity contribution < 1.29 is 13.2 Å². The van der Waals surface area contributed by atoms with Gasteiger partial charge in [-0.1, -0.05) is 85.1 Å². The molecule has 0 heterocycles. The Morgan fingerprint density at radius 3 is 2.11 bits per heavy atom. The lowest BCUT2D eigenvalue weighted by Gasteiger charge is -2.30. The average Bonchev–Trinajstić information content (AvgIpc) is 2.77. The Morgan fingerprint density at radius 2 is 1.54 bits per heavy atom. The van der Waals surface area contributed by atoms with Crippen molar-refractivity contribution in [3.8, 4) is 0 Å². The van der Waals surface area contributed by atoms with Gasteiger partial charge in [0.2, 0.25) is 5.91 Å². The number of hydrogen-bond acceptors (Lipinski definition) is 3. The molecule has 0 spiro atoms. The van der Waals surface area contributed by atoms with E-state index in [2.05, 4.69) is 31.3 Å². The van der Waals surface area contributed by atoms with E-state index in [1.807, 2.05) is 32.0 Å². The van der Waals surface area contributed by atoms with Gasteiger partial charge in [0, 0.05) is 16.1 Å². The predicted molar refractivity (Wildman–Crippen MR) is 144 cm³/mol. The largest absolute Gasteiger partial charge is 0.352 e. The molecular formula is C27H30Cl2N2O3S. The Kier molecular flexibility index (Phi) is 8.52. The fraction of sp³-hybridized carbons (Fsp3) is 0.296. The van der Waals surface area contributed by atoms with Crippen LogP contribution in [-0.2, 0) is 20.2 Å². The smallest absolute Gasteiger partial charge is 0.264 e. The first kappa shape index (κ1) is 27.1. The Hall–Kier alpha value is -2.54. The summed E-state index contributed by atoms with van der Waals surface area (Å²) in [6.07, 6.45) is 0.677. The second-order valence-electron chi connectivity index (χ2n) is 9.37. The maximum absolute atomic E-state index is 13.6. The first-order valence-electron chi connectivity index (χ1n) is 11.3. The van der Waals surface area contributed by atoms with E-state index in [1.54, 1.807) is 12.1 Å². The Morgan fingerprint density at radius 1 is 0.971 bits per heavy atom. The number of hydrogen-bond donors (Lipinski definition) is 1. The molecule has 3 aromatic rings. The summed E-state index contributed by atoms with van der Waals surface area (Å²) in [7, 11) is -4.06. The van der Waals surface area contributed by atoms with Crippen LogP contribution in [0.1, 0.15) is 38.3 Å². The summed E-state index contributed by atoms with van der Waals surface area (Å²) in [5, 5.41) is 3.50. The van der Waals surface area contributed by atoms with E-state index in [4.69, 9.17) is 23.2 Å². The minimum absolute atomic E-state index is 0.0743. The first-order valence-corrected chi connectivity index (χ1v) is 13.5. The highest BCUT2D eigenvalue weighted by molar-refractivity contribution is 7.92. The van der Waals surface area contributed by atoms with Crippen LogP contribution in [0.15, 0.2) is 77.7 Å². The molecule has 1 N–H and O–H groups in total. The van der Waals surface area contributed by atoms with E-state index in [0.717, 1.165) is 9.87 Å². The van der Waals surface area contributed by atoms with E-state index < -0.39 is 22.5 Å². The minimum atomic E-state index is -4.06. The summed E-state index contributed by atoms with van der Waals surface area (Å²) in [6, 6.07) is 20.8. The summed E-state index contributed by atoms with van der Waals surface area (Å²) in [5.41, 5.74) is 2.13. The van der Waals surface area contributed by atoms with Gasteiger partial charge in [0.05, 0.1) is 10.6 Å². The highest BCUT2D eigenvalue weighted by Crippen LogP contribution is 2.30. The summed E-state index contributed by atoms with van der Waals surface area (Å²) < 4.78 is 28.2. The monoisotopic (exact) mass is 532 g/mol. The fourth-order valence-corrected chi connectivity index (χ4v) is 6.03. The minimum Gasteiger partial charge on any atom is -0.352 e. The van der Waals surface area contributed by atoms with Crippen LogP contribution in [0.25, 0.3) is 0 Å². The third-order valence-corrected chi connectivity index (χ3v) is 8.04. The summed E-state index contributed by atoms with van der Waals surface area (Å²) in [5.74, 6) is -0.423. The number of amides is 1. The Labute approximate surface area is 218 Å². The number of carbonyl (C=O) groups is 1. The third-order valence-electron chi connectivity index (χ3n) is 5.81. The van der Waals surface area contributed by atoms with Crippen LogP contribution in [0.2, 0.25) is 10.0 Å². The number of anilines is 1. The Balaban J connectivity index is 1.84. The van der Waals surface area contributed by atoms with Gasteiger partial charge in [-0.15, -0.1) is 0 Å². The van der Waals surface area contributed by atoms with Crippen LogP contribution in [0.5, 0.6) is 0 Å². The third kappa shape index (κ3) is 7.00. The molecule has 35 heavy (non-hydrogen) atoms. The maximum Gasteiger partial charge on any atom is 0.264 e. The van der Waals surface area contributed by atoms with Crippen LogP contribution >= 0.6 is 23.2 Å². The van der Waals surface area contributed by atoms with Crippen molar-refractivity contribution in [3.63, 3.8) is 0 Å². The maximum atomic E-state index is 13.6. The molecule has 0 saturated carbocycles. The van der Waals surface area contributed by atoms with E-state index >= 15 is 0 Å². The lowest BCUT2D eigenvalue weighted by Crippen LogP contribution is -2.45. The second-order valence-corrected chi connectivity index (χ2v) is 12.1. The quantitative estimate of drug-likeness (QED) is 0.348. The fourth-order valence-electron chi connectivity index (χ4n) is 4.11. The number of nitrogens with one attached hydrogen (secondary N) is 1. The zero-order valence-electron chi connectivity index (χ0n) is 20.3. The van der Waals surface area contributed by atoms with Gasteiger partial charge in [0.15, 0.2) is 0 Å². The van der Waals surface area contributed by atoms with Crippen molar-refractivity contribution in [1.82, 2.24) is 5.32 Å². The molecule has 8 heteroatoms. The van der Waals surface area contributed by atoms with Crippen molar-refractivity contribution in [2.24, 2.45) is 0 Å². The summed E-state index contributed by atoms with van der Waals surface area (Å²) >= 11 is 12.3. The highest BCUT2D eigenvalue weighted by atomic mass is 35.5. The average molecular weight is 534 g/mol. The summed E-state index contributed by atoms with van der Waals surface area (Å²) in [4.78, 5) is 13.2. The highest BCUT2D eigenvalue weighted by Gasteiger charge is 2.29. The second kappa shape index (κ2) is 11.0. The summed E-state index contributed by atoms with van der Waals surface area (Å²) in [6.45, 7) is 7.61. The van der Waals surface area contributed by atoms with Gasteiger partial charge in [-0.2, -0.15) is 0 Å². The van der Waals surface area contributed by atoms with Crippen molar-refractivity contribution in [1.29, 1.82) is 0 Å². The number of carbonyl (C=O) groups excluding carboxylic acids is 1. The Bertz CT molecular complexity index is 1260. The van der Waals surface area contributed by atoms with Gasteiger partial charge < -0.3 is 5.32 Å². The molecule has 0 bridgehead atoms. The van der Waals surface area contributed by atoms with E-state index in [1.165, 1.54) is 35.9 Å². The molecule has 0 radical (unpaired) electrons. The molecule has 0 aromatic heterocycles. The number of sulfonamides is 1.